The van der Waals surface area contributed by atoms with Crippen LogP contribution in [-0.2, 0) is 11.2 Å². The van der Waals surface area contributed by atoms with E-state index in [1.807, 2.05) is 29.3 Å². The summed E-state index contributed by atoms with van der Waals surface area (Å²) in [5, 5.41) is 2.10. The van der Waals surface area contributed by atoms with Gasteiger partial charge in [0.2, 0.25) is 5.91 Å². The second-order valence-corrected chi connectivity index (χ2v) is 5.95. The molecule has 3 nitrogen and oxygen atoms in total. The number of alkyl halides is 1. The molecule has 1 aliphatic heterocycles. The van der Waals surface area contributed by atoms with Gasteiger partial charge in [0.25, 0.3) is 0 Å². The van der Waals surface area contributed by atoms with Gasteiger partial charge in [-0.25, -0.2) is 0 Å². The van der Waals surface area contributed by atoms with Gasteiger partial charge < -0.3 is 4.90 Å². The zero-order valence-electron chi connectivity index (χ0n) is 11.3. The molecule has 104 valence electrons. The lowest BCUT2D eigenvalue weighted by Crippen LogP contribution is -2.27. The molecule has 1 unspecified atom stereocenters. The number of benzene rings is 1. The summed E-state index contributed by atoms with van der Waals surface area (Å²) in [5.41, 5.74) is 2.29. The number of aromatic nitrogens is 1. The Kier molecular flexibility index (Phi) is 4.01. The predicted octanol–water partition coefficient (Wildman–Crippen LogP) is 3.02. The Morgan fingerprint density at radius 2 is 2.20 bits per heavy atom. The van der Waals surface area contributed by atoms with Gasteiger partial charge in [-0.05, 0) is 30.0 Å². The molecule has 1 aromatic carbocycles. The van der Waals surface area contributed by atoms with Crippen LogP contribution in [0.4, 0.5) is 0 Å². The molecule has 4 heteroatoms. The Morgan fingerprint density at radius 3 is 3.00 bits per heavy atom. The van der Waals surface area contributed by atoms with Crippen LogP contribution < -0.4 is 0 Å². The minimum absolute atomic E-state index is 0.285. The number of pyridine rings is 1. The maximum atomic E-state index is 11.9. The zero-order valence-corrected chi connectivity index (χ0v) is 12.8. The summed E-state index contributed by atoms with van der Waals surface area (Å²) in [7, 11) is 0. The lowest BCUT2D eigenvalue weighted by molar-refractivity contribution is -0.127. The number of fused-ring (bicyclic) bond motifs is 1. The Morgan fingerprint density at radius 1 is 1.30 bits per heavy atom. The van der Waals surface area contributed by atoms with E-state index in [-0.39, 0.29) is 5.91 Å². The molecule has 0 aliphatic carbocycles. The Labute approximate surface area is 127 Å². The molecule has 1 saturated heterocycles. The molecule has 1 fully saturated rings. The monoisotopic (exact) mass is 332 g/mol. The molecule has 20 heavy (non-hydrogen) atoms. The van der Waals surface area contributed by atoms with Crippen molar-refractivity contribution in [3.8, 4) is 0 Å². The van der Waals surface area contributed by atoms with Crippen LogP contribution in [0.3, 0.4) is 0 Å². The Bertz CT molecular complexity index is 623. The fourth-order valence-corrected chi connectivity index (χ4v) is 3.25. The van der Waals surface area contributed by atoms with Crippen LogP contribution in [-0.4, -0.2) is 34.2 Å². The summed E-state index contributed by atoms with van der Waals surface area (Å²) in [6.45, 7) is 1.68. The number of nitrogens with zero attached hydrogens (tertiary/aromatic N) is 2. The average Bonchev–Trinajstić information content (AvgIpc) is 2.85. The van der Waals surface area contributed by atoms with Gasteiger partial charge in [0.1, 0.15) is 0 Å². The molecule has 1 amide bonds. The first-order valence-corrected chi connectivity index (χ1v) is 8.06. The summed E-state index contributed by atoms with van der Waals surface area (Å²) in [4.78, 5) is 18.3. The van der Waals surface area contributed by atoms with Gasteiger partial charge in [0, 0.05) is 36.4 Å². The van der Waals surface area contributed by atoms with Gasteiger partial charge >= 0.3 is 0 Å². The fraction of sp³-hybridized carbons (Fsp3) is 0.375. The van der Waals surface area contributed by atoms with E-state index >= 15 is 0 Å². The van der Waals surface area contributed by atoms with Gasteiger partial charge in [0.05, 0.1) is 5.52 Å². The molecule has 1 aliphatic rings. The van der Waals surface area contributed by atoms with Crippen LogP contribution in [0, 0.1) is 5.92 Å². The van der Waals surface area contributed by atoms with Gasteiger partial charge in [-0.1, -0.05) is 34.1 Å². The molecule has 1 aromatic heterocycles. The van der Waals surface area contributed by atoms with Gasteiger partial charge in [0.15, 0.2) is 0 Å². The molecule has 0 radical (unpaired) electrons. The number of hydrogen-bond acceptors (Lipinski definition) is 2. The summed E-state index contributed by atoms with van der Waals surface area (Å²) in [5.74, 6) is 0.754. The molecule has 1 atom stereocenters. The van der Waals surface area contributed by atoms with Crippen LogP contribution in [0.1, 0.15) is 12.0 Å². The van der Waals surface area contributed by atoms with Crippen molar-refractivity contribution < 1.29 is 4.79 Å². The van der Waals surface area contributed by atoms with Crippen LogP contribution >= 0.6 is 15.9 Å². The number of halogens is 1. The topological polar surface area (TPSA) is 33.2 Å². The Hall–Kier alpha value is -1.42. The van der Waals surface area contributed by atoms with Crippen LogP contribution in [0.15, 0.2) is 36.5 Å². The molecule has 2 aromatic rings. The largest absolute Gasteiger partial charge is 0.342 e. The van der Waals surface area contributed by atoms with Gasteiger partial charge in [-0.15, -0.1) is 0 Å². The summed E-state index contributed by atoms with van der Waals surface area (Å²) < 4.78 is 0. The van der Waals surface area contributed by atoms with Crippen molar-refractivity contribution in [3.63, 3.8) is 0 Å². The summed E-state index contributed by atoms with van der Waals surface area (Å²) in [6, 6.07) is 10.3. The molecule has 0 bridgehead atoms. The lowest BCUT2D eigenvalue weighted by Gasteiger charge is -2.16. The fourth-order valence-electron chi connectivity index (χ4n) is 2.81. The smallest absolute Gasteiger partial charge is 0.222 e. The number of rotatable bonds is 4. The number of likely N-dealkylation sites (tertiary alicyclic amines) is 1. The molecular weight excluding hydrogens is 316 g/mol. The lowest BCUT2D eigenvalue weighted by atomic mass is 10.1. The van der Waals surface area contributed by atoms with E-state index in [0.29, 0.717) is 12.3 Å². The molecule has 0 N–H and O–H groups in total. The van der Waals surface area contributed by atoms with E-state index in [0.717, 1.165) is 30.4 Å². The van der Waals surface area contributed by atoms with E-state index in [1.165, 1.54) is 10.9 Å². The van der Waals surface area contributed by atoms with Crippen LogP contribution in [0.5, 0.6) is 0 Å². The Balaban J connectivity index is 1.73. The molecule has 2 heterocycles. The highest BCUT2D eigenvalue weighted by Crippen LogP contribution is 2.21. The van der Waals surface area contributed by atoms with E-state index < -0.39 is 0 Å². The predicted molar refractivity (Wildman–Crippen MR) is 83.9 cm³/mol. The normalized spacial score (nSPS) is 18.9. The second kappa shape index (κ2) is 5.92. The van der Waals surface area contributed by atoms with Gasteiger partial charge in [-0.2, -0.15) is 0 Å². The van der Waals surface area contributed by atoms with Crippen molar-refractivity contribution in [1.29, 1.82) is 0 Å². The maximum Gasteiger partial charge on any atom is 0.222 e. The van der Waals surface area contributed by atoms with Crippen molar-refractivity contribution in [2.45, 2.75) is 12.8 Å². The van der Waals surface area contributed by atoms with E-state index in [9.17, 15) is 4.79 Å². The number of carbonyl (C=O) groups is 1. The summed E-state index contributed by atoms with van der Waals surface area (Å²) in [6.07, 6.45) is 3.39. The third kappa shape index (κ3) is 2.70. The molecule has 0 spiro atoms. The molecule has 3 rings (SSSR count). The van der Waals surface area contributed by atoms with Crippen molar-refractivity contribution in [2.75, 3.05) is 18.4 Å². The van der Waals surface area contributed by atoms with Crippen LogP contribution in [0.2, 0.25) is 0 Å². The van der Waals surface area contributed by atoms with Crippen LogP contribution in [0.25, 0.3) is 10.9 Å². The summed E-state index contributed by atoms with van der Waals surface area (Å²) >= 11 is 3.47. The standard InChI is InChI=1S/C16H17BrN2O/c17-10-12-9-16(20)19(11-12)8-6-13-3-1-5-15-14(13)4-2-7-18-15/h1-5,7,12H,6,8-11H2. The van der Waals surface area contributed by atoms with Crippen molar-refractivity contribution in [2.24, 2.45) is 5.92 Å². The van der Waals surface area contributed by atoms with Gasteiger partial charge in [-0.3, -0.25) is 9.78 Å². The third-order valence-corrected chi connectivity index (χ3v) is 4.82. The first-order chi connectivity index (χ1) is 9.78. The average molecular weight is 333 g/mol. The SMILES string of the molecule is O=C1CC(CBr)CN1CCc1cccc2ncccc12. The third-order valence-electron chi connectivity index (χ3n) is 3.90. The highest BCUT2D eigenvalue weighted by molar-refractivity contribution is 9.09. The van der Waals surface area contributed by atoms with E-state index in [4.69, 9.17) is 0 Å². The zero-order chi connectivity index (χ0) is 13.9. The quantitative estimate of drug-likeness (QED) is 0.806. The highest BCUT2D eigenvalue weighted by Gasteiger charge is 2.28. The molecular formula is C16H17BrN2O. The van der Waals surface area contributed by atoms with Crippen molar-refractivity contribution >= 4 is 32.7 Å². The number of hydrogen-bond donors (Lipinski definition) is 0. The van der Waals surface area contributed by atoms with E-state index in [2.05, 4.69) is 33.0 Å². The maximum absolute atomic E-state index is 11.9. The van der Waals surface area contributed by atoms with Crippen molar-refractivity contribution in [3.05, 3.63) is 42.1 Å². The van der Waals surface area contributed by atoms with E-state index in [1.54, 1.807) is 0 Å². The first kappa shape index (κ1) is 13.6. The number of carbonyl (C=O) groups excluding carboxylic acids is 1. The minimum Gasteiger partial charge on any atom is -0.342 e. The second-order valence-electron chi connectivity index (χ2n) is 5.30. The highest BCUT2D eigenvalue weighted by atomic mass is 79.9. The molecule has 0 saturated carbocycles. The first-order valence-electron chi connectivity index (χ1n) is 6.94. The van der Waals surface area contributed by atoms with Crippen molar-refractivity contribution in [1.82, 2.24) is 9.88 Å². The minimum atomic E-state index is 0.285. The number of amides is 1.